The quantitative estimate of drug-likeness (QED) is 0.685. The molecular weight excluding hydrogens is 440 g/mol. The Morgan fingerprint density at radius 3 is 2.67 bits per heavy atom. The van der Waals surface area contributed by atoms with Crippen LogP contribution in [0.1, 0.15) is 24.0 Å². The minimum atomic E-state index is -0.408. The van der Waals surface area contributed by atoms with Crippen LogP contribution in [0.25, 0.3) is 0 Å². The number of amides is 2. The zero-order valence-electron chi connectivity index (χ0n) is 18.2. The van der Waals surface area contributed by atoms with Gasteiger partial charge in [0.25, 0.3) is 5.91 Å². The maximum atomic E-state index is 13.6. The first-order valence-corrected chi connectivity index (χ1v) is 11.5. The topological polar surface area (TPSA) is 65.5 Å². The number of carbonyl (C=O) groups excluding carboxylic acids is 2. The molecule has 3 heterocycles. The van der Waals surface area contributed by atoms with Crippen molar-refractivity contribution in [2.75, 3.05) is 26.2 Å². The van der Waals surface area contributed by atoms with E-state index in [1.807, 2.05) is 54.6 Å². The highest BCUT2D eigenvalue weighted by molar-refractivity contribution is 6.31. The van der Waals surface area contributed by atoms with Crippen molar-refractivity contribution in [3.05, 3.63) is 82.0 Å². The number of halogens is 1. The van der Waals surface area contributed by atoms with Gasteiger partial charge in [-0.05, 0) is 23.6 Å². The summed E-state index contributed by atoms with van der Waals surface area (Å²) in [4.78, 5) is 36.5. The molecule has 0 atom stereocenters. The first-order valence-electron chi connectivity index (χ1n) is 11.2. The zero-order chi connectivity index (χ0) is 22.8. The number of aliphatic imine (C=N–C) groups is 1. The van der Waals surface area contributed by atoms with Gasteiger partial charge >= 0.3 is 6.09 Å². The summed E-state index contributed by atoms with van der Waals surface area (Å²) in [6, 6.07) is 17.1. The molecule has 0 N–H and O–H groups in total. The molecule has 0 aliphatic carbocycles. The minimum Gasteiger partial charge on any atom is -0.445 e. The second-order valence-electron chi connectivity index (χ2n) is 8.31. The summed E-state index contributed by atoms with van der Waals surface area (Å²) >= 11 is 6.38. The summed E-state index contributed by atoms with van der Waals surface area (Å²) in [6.07, 6.45) is 1.12. The molecule has 33 heavy (non-hydrogen) atoms. The fraction of sp³-hybridized carbons (Fsp3) is 0.320. The molecule has 2 amide bonds. The number of benzene rings is 2. The molecule has 7 nitrogen and oxygen atoms in total. The van der Waals surface area contributed by atoms with Crippen molar-refractivity contribution >= 4 is 29.6 Å². The number of carbonyl (C=O) groups is 2. The highest BCUT2D eigenvalue weighted by Gasteiger charge is 2.41. The van der Waals surface area contributed by atoms with E-state index in [0.717, 1.165) is 29.8 Å². The molecule has 3 aliphatic rings. The van der Waals surface area contributed by atoms with E-state index < -0.39 is 6.09 Å². The van der Waals surface area contributed by atoms with Gasteiger partial charge in [0, 0.05) is 36.8 Å². The van der Waals surface area contributed by atoms with E-state index in [9.17, 15) is 9.59 Å². The largest absolute Gasteiger partial charge is 0.445 e. The summed E-state index contributed by atoms with van der Waals surface area (Å²) in [7, 11) is 0. The molecule has 0 radical (unpaired) electrons. The first-order chi connectivity index (χ1) is 16.1. The van der Waals surface area contributed by atoms with Gasteiger partial charge in [-0.15, -0.1) is 0 Å². The van der Waals surface area contributed by atoms with Crippen molar-refractivity contribution in [2.24, 2.45) is 4.99 Å². The number of nitrogens with zero attached hydrogens (tertiary/aromatic N) is 4. The van der Waals surface area contributed by atoms with Gasteiger partial charge in [-0.2, -0.15) is 0 Å². The Labute approximate surface area is 197 Å². The summed E-state index contributed by atoms with van der Waals surface area (Å²) in [5.41, 5.74) is 3.39. The molecule has 0 bridgehead atoms. The van der Waals surface area contributed by atoms with Gasteiger partial charge in [0.2, 0.25) is 5.96 Å². The summed E-state index contributed by atoms with van der Waals surface area (Å²) < 4.78 is 5.51. The van der Waals surface area contributed by atoms with Gasteiger partial charge in [0.05, 0.1) is 18.7 Å². The van der Waals surface area contributed by atoms with Gasteiger partial charge in [-0.3, -0.25) is 14.7 Å². The van der Waals surface area contributed by atoms with Crippen molar-refractivity contribution in [2.45, 2.75) is 26.0 Å². The second-order valence-corrected chi connectivity index (χ2v) is 8.71. The fourth-order valence-electron chi connectivity index (χ4n) is 4.48. The number of guanidine groups is 1. The lowest BCUT2D eigenvalue weighted by atomic mass is 10.00. The molecule has 2 aromatic rings. The van der Waals surface area contributed by atoms with Crippen LogP contribution in [-0.2, 0) is 22.7 Å². The molecule has 0 fully saturated rings. The molecular formula is C25H25ClN4O3. The van der Waals surface area contributed by atoms with Crippen molar-refractivity contribution in [1.82, 2.24) is 14.7 Å². The normalized spacial score (nSPS) is 18.0. The van der Waals surface area contributed by atoms with Gasteiger partial charge in [0.15, 0.2) is 0 Å². The van der Waals surface area contributed by atoms with E-state index in [1.54, 1.807) is 9.80 Å². The van der Waals surface area contributed by atoms with E-state index in [-0.39, 0.29) is 19.1 Å². The number of ether oxygens (including phenoxy) is 1. The van der Waals surface area contributed by atoms with Crippen LogP contribution in [-0.4, -0.2) is 58.8 Å². The highest BCUT2D eigenvalue weighted by atomic mass is 35.5. The van der Waals surface area contributed by atoms with E-state index in [2.05, 4.69) is 9.89 Å². The lowest BCUT2D eigenvalue weighted by Gasteiger charge is -2.45. The number of rotatable bonds is 4. The molecule has 3 aliphatic heterocycles. The molecule has 2 aromatic carbocycles. The Bertz CT molecular complexity index is 1130. The summed E-state index contributed by atoms with van der Waals surface area (Å²) in [5.74, 6) is 0.562. The van der Waals surface area contributed by atoms with Crippen LogP contribution in [0.15, 0.2) is 70.9 Å². The lowest BCUT2D eigenvalue weighted by Crippen LogP contribution is -2.57. The molecule has 0 aromatic heterocycles. The van der Waals surface area contributed by atoms with Crippen molar-refractivity contribution < 1.29 is 14.3 Å². The minimum absolute atomic E-state index is 0.123. The fourth-order valence-corrected chi connectivity index (χ4v) is 4.68. The van der Waals surface area contributed by atoms with Crippen LogP contribution in [0.5, 0.6) is 0 Å². The van der Waals surface area contributed by atoms with E-state index in [1.165, 1.54) is 0 Å². The zero-order valence-corrected chi connectivity index (χ0v) is 19.0. The average Bonchev–Trinajstić information content (AvgIpc) is 2.86. The summed E-state index contributed by atoms with van der Waals surface area (Å²) in [5, 5.41) is 0.614. The predicted molar refractivity (Wildman–Crippen MR) is 125 cm³/mol. The monoisotopic (exact) mass is 464 g/mol. The SMILES string of the molecule is O=C(OCc1ccccc1)N1CCC2=C(C1)C(=O)N(Cc1ccccc1Cl)C1=NCCCN12. The Morgan fingerprint density at radius 2 is 1.85 bits per heavy atom. The van der Waals surface area contributed by atoms with Crippen molar-refractivity contribution in [3.63, 3.8) is 0 Å². The Hall–Kier alpha value is -3.32. The smallest absolute Gasteiger partial charge is 0.410 e. The molecule has 0 spiro atoms. The van der Waals surface area contributed by atoms with Crippen LogP contribution in [0, 0.1) is 0 Å². The predicted octanol–water partition coefficient (Wildman–Crippen LogP) is 4.04. The molecule has 0 saturated carbocycles. The maximum Gasteiger partial charge on any atom is 0.410 e. The number of hydrogen-bond donors (Lipinski definition) is 0. The highest BCUT2D eigenvalue weighted by Crippen LogP contribution is 2.32. The molecule has 8 heteroatoms. The van der Waals surface area contributed by atoms with Crippen LogP contribution in [0.4, 0.5) is 4.79 Å². The average molecular weight is 465 g/mol. The van der Waals surface area contributed by atoms with Crippen molar-refractivity contribution in [3.8, 4) is 0 Å². The third-order valence-corrected chi connectivity index (χ3v) is 6.54. The lowest BCUT2D eigenvalue weighted by molar-refractivity contribution is -0.125. The Morgan fingerprint density at radius 1 is 1.06 bits per heavy atom. The van der Waals surface area contributed by atoms with Crippen LogP contribution < -0.4 is 0 Å². The van der Waals surface area contributed by atoms with Gasteiger partial charge in [-0.25, -0.2) is 4.79 Å². The molecule has 170 valence electrons. The standard InChI is InChI=1S/C25H25ClN4O3/c26-21-10-5-4-9-19(21)15-30-23(31)20-16-28(25(32)33-17-18-7-2-1-3-8-18)14-11-22(20)29-13-6-12-27-24(29)30/h1-5,7-10H,6,11-17H2. The second kappa shape index (κ2) is 9.27. The van der Waals surface area contributed by atoms with Crippen LogP contribution in [0.2, 0.25) is 5.02 Å². The van der Waals surface area contributed by atoms with E-state index >= 15 is 0 Å². The molecule has 5 rings (SSSR count). The van der Waals surface area contributed by atoms with Crippen LogP contribution in [0.3, 0.4) is 0 Å². The molecule has 0 saturated heterocycles. The van der Waals surface area contributed by atoms with Gasteiger partial charge < -0.3 is 14.5 Å². The third kappa shape index (κ3) is 4.33. The van der Waals surface area contributed by atoms with E-state index in [0.29, 0.717) is 42.6 Å². The van der Waals surface area contributed by atoms with E-state index in [4.69, 9.17) is 16.3 Å². The van der Waals surface area contributed by atoms with Gasteiger partial charge in [0.1, 0.15) is 6.61 Å². The number of hydrogen-bond acceptors (Lipinski definition) is 5. The Balaban J connectivity index is 1.36. The Kier molecular flexibility index (Phi) is 6.05. The van der Waals surface area contributed by atoms with Crippen molar-refractivity contribution in [1.29, 1.82) is 0 Å². The number of fused-ring (bicyclic) bond motifs is 2. The van der Waals surface area contributed by atoms with Crippen LogP contribution >= 0.6 is 11.6 Å². The third-order valence-electron chi connectivity index (χ3n) is 6.17. The maximum absolute atomic E-state index is 13.6. The first kappa shape index (κ1) is 21.5. The summed E-state index contributed by atoms with van der Waals surface area (Å²) in [6.45, 7) is 2.78. The van der Waals surface area contributed by atoms with Gasteiger partial charge in [-0.1, -0.05) is 60.1 Å². The molecule has 0 unspecified atom stereocenters.